The molecule has 0 aromatic heterocycles. The van der Waals surface area contributed by atoms with E-state index < -0.39 is 36.4 Å². The SMILES string of the molecule is CC/C=C/C/C=C/C/C=C/C/C=C\C/C=C/C/C=C/CCC(=O)N1CC(O)CC1OC=O.CC/C=C/C/C=C/C/C=C/C/C=C\C/C=C/C/C=C/CCC(=O)O.CCN(CC)CC.O=C(O)C1CC(O)CN1. The van der Waals surface area contributed by atoms with Gasteiger partial charge in [0.2, 0.25) is 5.91 Å². The van der Waals surface area contributed by atoms with Gasteiger partial charge in [0.05, 0.1) is 18.8 Å². The van der Waals surface area contributed by atoms with Gasteiger partial charge in [-0.15, -0.1) is 0 Å². The highest BCUT2D eigenvalue weighted by atomic mass is 16.5. The zero-order valence-electron chi connectivity index (χ0n) is 44.7. The molecule has 72 heavy (non-hydrogen) atoms. The zero-order valence-corrected chi connectivity index (χ0v) is 44.7. The molecule has 4 atom stereocenters. The summed E-state index contributed by atoms with van der Waals surface area (Å²) >= 11 is 0. The van der Waals surface area contributed by atoms with Gasteiger partial charge in [-0.05, 0) is 110 Å². The fourth-order valence-electron chi connectivity index (χ4n) is 6.65. The molecule has 0 spiro atoms. The van der Waals surface area contributed by atoms with Crippen molar-refractivity contribution in [1.29, 1.82) is 0 Å². The van der Waals surface area contributed by atoms with Crippen molar-refractivity contribution in [3.63, 3.8) is 0 Å². The van der Waals surface area contributed by atoms with Crippen LogP contribution in [0.2, 0.25) is 0 Å². The molecule has 12 heteroatoms. The molecule has 0 bridgehead atoms. The van der Waals surface area contributed by atoms with E-state index in [0.29, 0.717) is 38.7 Å². The molecule has 1 amide bonds. The lowest BCUT2D eigenvalue weighted by Crippen LogP contribution is -2.37. The molecule has 2 rings (SSSR count). The van der Waals surface area contributed by atoms with Gasteiger partial charge in [0.25, 0.3) is 6.47 Å². The average molecular weight is 1000 g/mol. The number of allylic oxidation sites excluding steroid dienone is 24. The Bertz CT molecular complexity index is 1710. The number of carboxylic acid groups (broad SMARTS) is 2. The van der Waals surface area contributed by atoms with Crippen molar-refractivity contribution in [3.05, 3.63) is 146 Å². The monoisotopic (exact) mass is 1000 g/mol. The summed E-state index contributed by atoms with van der Waals surface area (Å²) in [6.45, 7) is 15.4. The fourth-order valence-corrected chi connectivity index (χ4v) is 6.65. The third kappa shape index (κ3) is 47.0. The number of carbonyl (C=O) groups excluding carboxylic acids is 2. The van der Waals surface area contributed by atoms with E-state index in [0.717, 1.165) is 77.0 Å². The number of ether oxygens (including phenoxy) is 1. The molecule has 4 unspecified atom stereocenters. The first-order valence-corrected chi connectivity index (χ1v) is 26.5. The van der Waals surface area contributed by atoms with E-state index in [9.17, 15) is 24.3 Å². The Morgan fingerprint density at radius 1 is 0.514 bits per heavy atom. The molecular formula is C60H95N3O9. The lowest BCUT2D eigenvalue weighted by Gasteiger charge is -2.22. The second-order valence-corrected chi connectivity index (χ2v) is 16.7. The summed E-state index contributed by atoms with van der Waals surface area (Å²) in [5.74, 6) is -1.73. The number of nitrogens with zero attached hydrogens (tertiary/aromatic N) is 2. The molecule has 12 nitrogen and oxygen atoms in total. The lowest BCUT2D eigenvalue weighted by atomic mass is 10.2. The van der Waals surface area contributed by atoms with Gasteiger partial charge in [-0.25, -0.2) is 0 Å². The Hall–Kier alpha value is -5.40. The minimum absolute atomic E-state index is 0.104. The van der Waals surface area contributed by atoms with E-state index in [4.69, 9.17) is 20.1 Å². The van der Waals surface area contributed by atoms with Crippen molar-refractivity contribution in [2.75, 3.05) is 32.7 Å². The summed E-state index contributed by atoms with van der Waals surface area (Å²) in [7, 11) is 0. The van der Waals surface area contributed by atoms with Crippen LogP contribution in [-0.4, -0.2) is 112 Å². The highest BCUT2D eigenvalue weighted by Crippen LogP contribution is 2.20. The zero-order chi connectivity index (χ0) is 53.6. The highest BCUT2D eigenvalue weighted by molar-refractivity contribution is 5.77. The van der Waals surface area contributed by atoms with Crippen LogP contribution in [-0.2, 0) is 23.9 Å². The normalized spacial score (nSPS) is 18.5. The topological polar surface area (TPSA) is 177 Å². The summed E-state index contributed by atoms with van der Waals surface area (Å²) in [4.78, 5) is 47.0. The number of carboxylic acids is 2. The van der Waals surface area contributed by atoms with Crippen LogP contribution >= 0.6 is 0 Å². The van der Waals surface area contributed by atoms with Gasteiger partial charge in [0, 0.05) is 32.2 Å². The molecule has 0 saturated carbocycles. The molecule has 2 saturated heterocycles. The molecule has 0 aliphatic carbocycles. The number of aliphatic hydroxyl groups is 2. The Kier molecular flexibility index (Phi) is 50.9. The van der Waals surface area contributed by atoms with Crippen molar-refractivity contribution in [2.24, 2.45) is 0 Å². The Labute approximate surface area is 435 Å². The second kappa shape index (κ2) is 53.4. The van der Waals surface area contributed by atoms with E-state index >= 15 is 0 Å². The first-order chi connectivity index (χ1) is 35.0. The van der Waals surface area contributed by atoms with Gasteiger partial charge in [0.15, 0.2) is 6.23 Å². The number of rotatable bonds is 34. The smallest absolute Gasteiger partial charge is 0.320 e. The number of aliphatic hydroxyl groups excluding tert-OH is 2. The highest BCUT2D eigenvalue weighted by Gasteiger charge is 2.35. The number of carbonyl (C=O) groups is 4. The van der Waals surface area contributed by atoms with Crippen LogP contribution in [0.25, 0.3) is 0 Å². The number of hydrogen-bond acceptors (Lipinski definition) is 9. The number of hydrogen-bond donors (Lipinski definition) is 5. The molecule has 2 aliphatic heterocycles. The van der Waals surface area contributed by atoms with Crippen LogP contribution in [0.1, 0.15) is 150 Å². The number of amides is 1. The second-order valence-electron chi connectivity index (χ2n) is 16.7. The predicted molar refractivity (Wildman–Crippen MR) is 299 cm³/mol. The van der Waals surface area contributed by atoms with Gasteiger partial charge < -0.3 is 40.3 Å². The molecule has 2 heterocycles. The Morgan fingerprint density at radius 3 is 1.12 bits per heavy atom. The van der Waals surface area contributed by atoms with Gasteiger partial charge in [-0.3, -0.25) is 19.2 Å². The number of aliphatic carboxylic acids is 2. The maximum Gasteiger partial charge on any atom is 0.320 e. The van der Waals surface area contributed by atoms with Crippen LogP contribution < -0.4 is 5.32 Å². The van der Waals surface area contributed by atoms with Crippen molar-refractivity contribution in [1.82, 2.24) is 15.1 Å². The molecule has 0 aromatic carbocycles. The summed E-state index contributed by atoms with van der Waals surface area (Å²) in [6, 6.07) is -0.542. The van der Waals surface area contributed by atoms with Crippen molar-refractivity contribution in [2.45, 2.75) is 175 Å². The first-order valence-electron chi connectivity index (χ1n) is 26.5. The fraction of sp³-hybridized carbons (Fsp3) is 0.533. The van der Waals surface area contributed by atoms with E-state index in [1.807, 2.05) is 24.3 Å². The third-order valence-corrected chi connectivity index (χ3v) is 10.8. The van der Waals surface area contributed by atoms with Crippen LogP contribution in [0.15, 0.2) is 146 Å². The molecule has 0 radical (unpaired) electrons. The number of likely N-dealkylation sites (tertiary alicyclic amines) is 1. The molecule has 2 fully saturated rings. The van der Waals surface area contributed by atoms with E-state index in [1.165, 1.54) is 24.5 Å². The summed E-state index contributed by atoms with van der Waals surface area (Å²) in [5, 5.41) is 38.0. The lowest BCUT2D eigenvalue weighted by molar-refractivity contribution is -0.150. The Balaban J connectivity index is 0. The van der Waals surface area contributed by atoms with Gasteiger partial charge >= 0.3 is 11.9 Å². The molecule has 404 valence electrons. The molecule has 2 aliphatic rings. The molecule has 0 aromatic rings. The van der Waals surface area contributed by atoms with Crippen LogP contribution in [0, 0.1) is 0 Å². The van der Waals surface area contributed by atoms with Crippen LogP contribution in [0.3, 0.4) is 0 Å². The minimum Gasteiger partial charge on any atom is -0.481 e. The van der Waals surface area contributed by atoms with Gasteiger partial charge in [-0.2, -0.15) is 0 Å². The maximum atomic E-state index is 12.2. The molecular weight excluding hydrogens is 907 g/mol. The number of β-amino-alcohol motifs (C(OH)–C–C–N with tert-alkyl or cyclic N) is 2. The van der Waals surface area contributed by atoms with Crippen LogP contribution in [0.5, 0.6) is 0 Å². The van der Waals surface area contributed by atoms with Gasteiger partial charge in [0.1, 0.15) is 6.04 Å². The van der Waals surface area contributed by atoms with E-state index in [2.05, 4.69) is 166 Å². The van der Waals surface area contributed by atoms with Crippen molar-refractivity contribution < 1.29 is 44.3 Å². The van der Waals surface area contributed by atoms with Crippen molar-refractivity contribution >= 4 is 24.3 Å². The van der Waals surface area contributed by atoms with E-state index in [1.54, 1.807) is 0 Å². The maximum absolute atomic E-state index is 12.2. The largest absolute Gasteiger partial charge is 0.481 e. The van der Waals surface area contributed by atoms with Crippen molar-refractivity contribution in [3.8, 4) is 0 Å². The summed E-state index contributed by atoms with van der Waals surface area (Å²) in [6.07, 6.45) is 63.9. The minimum atomic E-state index is -0.883. The van der Waals surface area contributed by atoms with Crippen LogP contribution in [0.4, 0.5) is 0 Å². The average Bonchev–Trinajstić information content (AvgIpc) is 3.98. The van der Waals surface area contributed by atoms with Gasteiger partial charge in [-0.1, -0.05) is 180 Å². The summed E-state index contributed by atoms with van der Waals surface area (Å²) in [5.41, 5.74) is 0. The first kappa shape index (κ1) is 68.7. The van der Waals surface area contributed by atoms with E-state index in [-0.39, 0.29) is 25.3 Å². The quantitative estimate of drug-likeness (QED) is 0.0306. The standard InChI is InChI=1S/C27H39NO4.C22H32O2.C6H15N.C5H9NO3/c1-2-3-4-5-6-7-8-9-10-11-12-13-14-15-16-17-18-19-20-21-26(31)28-23-25(30)22-27(28)32-24-29;1-2-3-4-5-6-7-8-9-10-11-12-13-14-15-16-17-18-19-20-21-22(23)24;1-4-7(5-2)6-3;7-3-1-4(5(8)9)6-2-3/h3-4,6-7,9-10,12-13,15-16,18-19,24-25,27,30H,2,5,8,11,14,17,20-23H2,1H3;3-4,6-7,9-10,12-13,15-16,18-19H,2,5,8,11,14,17,20-21H2,1H3,(H,23,24);4-6H2,1-3H3;3-4,6-7H,1-2H2,(H,8,9)/b2*4-3+,7-6+,10-9+,13-12-,16-15+,19-18+;;. The predicted octanol–water partition coefficient (Wildman–Crippen LogP) is 12.2. The number of nitrogens with one attached hydrogen (secondary N) is 1. The Morgan fingerprint density at radius 2 is 0.861 bits per heavy atom. The molecule has 5 N–H and O–H groups in total. The third-order valence-electron chi connectivity index (χ3n) is 10.8. The summed E-state index contributed by atoms with van der Waals surface area (Å²) < 4.78 is 4.87.